The molecule has 0 N–H and O–H groups in total. The van der Waals surface area contributed by atoms with Crippen molar-refractivity contribution in [2.45, 2.75) is 54.6 Å². The van der Waals surface area contributed by atoms with Crippen molar-refractivity contribution < 1.29 is 13.2 Å². The maximum atomic E-state index is 14.4. The number of benzene rings is 9. The predicted octanol–water partition coefficient (Wildman–Crippen LogP) is 17.8. The molecule has 0 amide bonds. The average molecular weight is 945 g/mol. The molecule has 9 aromatic carbocycles. The topological polar surface area (TPSA) is 43.6 Å². The number of halogens is 3. The second-order valence-electron chi connectivity index (χ2n) is 19.2. The lowest BCUT2D eigenvalue weighted by Gasteiger charge is -2.22. The molecule has 0 fully saturated rings. The van der Waals surface area contributed by atoms with Gasteiger partial charge in [-0.05, 0) is 153 Å². The Morgan fingerprint density at radius 2 is 0.722 bits per heavy atom. The molecule has 11 rings (SSSR count). The van der Waals surface area contributed by atoms with E-state index in [1.165, 1.54) is 56.6 Å². The van der Waals surface area contributed by atoms with E-state index in [2.05, 4.69) is 144 Å². The molecule has 0 aliphatic heterocycles. The van der Waals surface area contributed by atoms with Crippen LogP contribution in [0.1, 0.15) is 44.5 Å². The van der Waals surface area contributed by atoms with Crippen molar-refractivity contribution in [2.75, 3.05) is 0 Å². The van der Waals surface area contributed by atoms with Gasteiger partial charge in [0.15, 0.2) is 17.5 Å². The summed E-state index contributed by atoms with van der Waals surface area (Å²) in [7, 11) is 0. The van der Waals surface area contributed by atoms with Gasteiger partial charge in [-0.25, -0.2) is 15.0 Å². The van der Waals surface area contributed by atoms with E-state index in [0.29, 0.717) is 34.2 Å². The highest BCUT2D eigenvalue weighted by atomic mass is 19.4. The summed E-state index contributed by atoms with van der Waals surface area (Å²) in [6, 6.07) is 60.1. The van der Waals surface area contributed by atoms with Crippen molar-refractivity contribution in [1.82, 2.24) is 19.5 Å². The van der Waals surface area contributed by atoms with Crippen LogP contribution in [0.2, 0.25) is 0 Å². The van der Waals surface area contributed by atoms with Gasteiger partial charge >= 0.3 is 6.18 Å². The summed E-state index contributed by atoms with van der Waals surface area (Å²) >= 11 is 0. The van der Waals surface area contributed by atoms with Crippen LogP contribution in [0.3, 0.4) is 0 Å². The highest BCUT2D eigenvalue weighted by molar-refractivity contribution is 6.13. The van der Waals surface area contributed by atoms with Gasteiger partial charge in [0, 0.05) is 38.6 Å². The number of nitrogens with zero attached hydrogens (tertiary/aromatic N) is 4. The smallest absolute Gasteiger partial charge is 0.308 e. The second-order valence-corrected chi connectivity index (χ2v) is 19.2. The molecule has 2 heterocycles. The Bertz CT molecular complexity index is 3670. The number of aryl methyl sites for hydroxylation is 7. The fraction of sp³-hybridized carbons (Fsp3) is 0.123. The van der Waals surface area contributed by atoms with Crippen LogP contribution < -0.4 is 0 Å². The predicted molar refractivity (Wildman–Crippen MR) is 290 cm³/mol. The van der Waals surface area contributed by atoms with Crippen molar-refractivity contribution in [3.63, 3.8) is 0 Å². The second kappa shape index (κ2) is 18.1. The molecule has 352 valence electrons. The van der Waals surface area contributed by atoms with E-state index in [9.17, 15) is 13.2 Å². The fourth-order valence-electron chi connectivity index (χ4n) is 10.8. The van der Waals surface area contributed by atoms with Crippen LogP contribution in [-0.4, -0.2) is 19.5 Å². The standard InChI is InChI=1S/C65H51F3N4/c1-38-18-20-45(21-19-38)53-36-51(64-70-62(47-14-10-8-11-15-47)69-63(71-64)48-16-12-9-13-17-48)37-54(46-22-26-52(27-23-46)65(66,67)68)61(53)72-57-28-24-49(59-41(4)30-39(2)31-42(59)5)34-55(57)56-35-50(25-29-58(56)72)60-43(6)32-40(3)33-44(60)7/h8-37H,1-7H3. The van der Waals surface area contributed by atoms with Gasteiger partial charge in [-0.2, -0.15) is 13.2 Å². The van der Waals surface area contributed by atoms with E-state index in [4.69, 9.17) is 15.0 Å². The summed E-state index contributed by atoms with van der Waals surface area (Å²) in [5, 5.41) is 2.11. The molecule has 4 nitrogen and oxygen atoms in total. The summed E-state index contributed by atoms with van der Waals surface area (Å²) in [4.78, 5) is 15.3. The van der Waals surface area contributed by atoms with Crippen LogP contribution in [0.25, 0.3) is 106 Å². The van der Waals surface area contributed by atoms with Crippen molar-refractivity contribution in [3.05, 3.63) is 226 Å². The molecule has 0 unspecified atom stereocenters. The molecule has 72 heavy (non-hydrogen) atoms. The minimum absolute atomic E-state index is 0.431. The Kier molecular flexibility index (Phi) is 11.5. The number of alkyl halides is 3. The highest BCUT2D eigenvalue weighted by Gasteiger charge is 2.31. The maximum absolute atomic E-state index is 14.4. The van der Waals surface area contributed by atoms with Crippen LogP contribution in [0, 0.1) is 48.5 Å². The number of aromatic nitrogens is 4. The number of fused-ring (bicyclic) bond motifs is 3. The van der Waals surface area contributed by atoms with Gasteiger partial charge < -0.3 is 4.57 Å². The molecular weight excluding hydrogens is 894 g/mol. The zero-order valence-corrected chi connectivity index (χ0v) is 41.2. The van der Waals surface area contributed by atoms with Gasteiger partial charge in [-0.3, -0.25) is 0 Å². The van der Waals surface area contributed by atoms with Crippen LogP contribution in [0.5, 0.6) is 0 Å². The SMILES string of the molecule is Cc1ccc(-c2cc(-c3nc(-c4ccccc4)nc(-c4ccccc4)n3)cc(-c3ccc(C(F)(F)F)cc3)c2-n2c3ccc(-c4c(C)cc(C)cc4C)cc3c3cc(-c4c(C)cc(C)cc4C)ccc32)cc1. The van der Waals surface area contributed by atoms with Crippen LogP contribution >= 0.6 is 0 Å². The summed E-state index contributed by atoms with van der Waals surface area (Å²) in [6.07, 6.45) is -4.52. The lowest BCUT2D eigenvalue weighted by atomic mass is 9.91. The van der Waals surface area contributed by atoms with Crippen LogP contribution in [0.4, 0.5) is 13.2 Å². The Balaban J connectivity index is 1.27. The summed E-state index contributed by atoms with van der Waals surface area (Å²) in [6.45, 7) is 15.0. The van der Waals surface area contributed by atoms with Gasteiger partial charge in [0.1, 0.15) is 0 Å². The molecule has 11 aromatic rings. The first kappa shape index (κ1) is 46.0. The third kappa shape index (κ3) is 8.45. The quantitative estimate of drug-likeness (QED) is 0.152. The van der Waals surface area contributed by atoms with E-state index >= 15 is 0 Å². The molecule has 0 saturated heterocycles. The van der Waals surface area contributed by atoms with E-state index < -0.39 is 11.7 Å². The lowest BCUT2D eigenvalue weighted by Crippen LogP contribution is -2.05. The molecule has 0 atom stereocenters. The minimum atomic E-state index is -4.52. The Morgan fingerprint density at radius 1 is 0.347 bits per heavy atom. The average Bonchev–Trinajstić information content (AvgIpc) is 3.68. The van der Waals surface area contributed by atoms with Gasteiger partial charge in [0.25, 0.3) is 0 Å². The van der Waals surface area contributed by atoms with Crippen molar-refractivity contribution >= 4 is 21.8 Å². The van der Waals surface area contributed by atoms with Gasteiger partial charge in [0.2, 0.25) is 0 Å². The number of rotatable bonds is 8. The normalized spacial score (nSPS) is 11.8. The first-order chi connectivity index (χ1) is 34.7. The molecule has 0 aliphatic rings. The Morgan fingerprint density at radius 3 is 1.12 bits per heavy atom. The summed E-state index contributed by atoms with van der Waals surface area (Å²) in [5.41, 5.74) is 20.4. The summed E-state index contributed by atoms with van der Waals surface area (Å²) in [5.74, 6) is 1.44. The molecule has 0 radical (unpaired) electrons. The van der Waals surface area contributed by atoms with Gasteiger partial charge in [-0.1, -0.05) is 150 Å². The minimum Gasteiger partial charge on any atom is -0.308 e. The van der Waals surface area contributed by atoms with E-state index in [1.807, 2.05) is 66.7 Å². The number of hydrogen-bond acceptors (Lipinski definition) is 3. The van der Waals surface area contributed by atoms with Gasteiger partial charge in [-0.15, -0.1) is 0 Å². The van der Waals surface area contributed by atoms with Crippen LogP contribution in [0.15, 0.2) is 182 Å². The van der Waals surface area contributed by atoms with Crippen molar-refractivity contribution in [1.29, 1.82) is 0 Å². The molecule has 0 spiro atoms. The van der Waals surface area contributed by atoms with Crippen molar-refractivity contribution in [3.8, 4) is 84.4 Å². The van der Waals surface area contributed by atoms with E-state index in [1.54, 1.807) is 12.1 Å². The van der Waals surface area contributed by atoms with E-state index in [0.717, 1.165) is 66.4 Å². The molecular formula is C65H51F3N4. The number of hydrogen-bond donors (Lipinski definition) is 0. The zero-order valence-electron chi connectivity index (χ0n) is 41.2. The molecule has 0 aliphatic carbocycles. The maximum Gasteiger partial charge on any atom is 0.416 e. The summed E-state index contributed by atoms with van der Waals surface area (Å²) < 4.78 is 45.4. The molecule has 0 saturated carbocycles. The lowest BCUT2D eigenvalue weighted by molar-refractivity contribution is -0.137. The third-order valence-corrected chi connectivity index (χ3v) is 13.9. The zero-order chi connectivity index (χ0) is 50.0. The largest absolute Gasteiger partial charge is 0.416 e. The van der Waals surface area contributed by atoms with Crippen molar-refractivity contribution in [2.24, 2.45) is 0 Å². The Labute approximate surface area is 418 Å². The highest BCUT2D eigenvalue weighted by Crippen LogP contribution is 2.46. The fourth-order valence-corrected chi connectivity index (χ4v) is 10.8. The van der Waals surface area contributed by atoms with Crippen LogP contribution in [-0.2, 0) is 6.18 Å². The molecule has 2 aromatic heterocycles. The third-order valence-electron chi connectivity index (χ3n) is 13.9. The monoisotopic (exact) mass is 944 g/mol. The van der Waals surface area contributed by atoms with E-state index in [-0.39, 0.29) is 0 Å². The Hall–Kier alpha value is -8.42. The molecule has 0 bridgehead atoms. The molecule has 7 heteroatoms. The first-order valence-corrected chi connectivity index (χ1v) is 24.2. The first-order valence-electron chi connectivity index (χ1n) is 24.2. The van der Waals surface area contributed by atoms with Gasteiger partial charge in [0.05, 0.1) is 22.3 Å².